The van der Waals surface area contributed by atoms with Gasteiger partial charge in [0.25, 0.3) is 0 Å². The van der Waals surface area contributed by atoms with Gasteiger partial charge >= 0.3 is 0 Å². The lowest BCUT2D eigenvalue weighted by atomic mass is 10.2. The van der Waals surface area contributed by atoms with Crippen molar-refractivity contribution < 1.29 is 0 Å². The van der Waals surface area contributed by atoms with E-state index >= 15 is 0 Å². The van der Waals surface area contributed by atoms with Crippen molar-refractivity contribution in [2.75, 3.05) is 17.6 Å². The Kier molecular flexibility index (Phi) is 2.10. The highest BCUT2D eigenvalue weighted by atomic mass is 32.2. The van der Waals surface area contributed by atoms with Crippen LogP contribution in [0.5, 0.6) is 0 Å². The molecule has 1 aliphatic heterocycles. The minimum atomic E-state index is 0.916. The summed E-state index contributed by atoms with van der Waals surface area (Å²) in [6, 6.07) is 6.13. The number of H-pyrrole nitrogens is 1. The maximum absolute atomic E-state index is 4.34. The van der Waals surface area contributed by atoms with Gasteiger partial charge in [-0.15, -0.1) is 0 Å². The smallest absolute Gasteiger partial charge is 0.161 e. The fourth-order valence-corrected chi connectivity index (χ4v) is 2.30. The van der Waals surface area contributed by atoms with Crippen LogP contribution in [0.4, 0.5) is 5.69 Å². The fraction of sp³-hybridized carbons (Fsp3) is 0.200. The van der Waals surface area contributed by atoms with E-state index in [2.05, 4.69) is 20.5 Å². The maximum Gasteiger partial charge on any atom is 0.161 e. The second kappa shape index (κ2) is 3.58. The monoisotopic (exact) mass is 218 g/mol. The predicted octanol–water partition coefficient (Wildman–Crippen LogP) is 2.08. The molecule has 0 saturated heterocycles. The molecule has 1 aromatic heterocycles. The molecule has 2 aromatic rings. The number of aromatic amines is 1. The van der Waals surface area contributed by atoms with Gasteiger partial charge in [0.15, 0.2) is 5.17 Å². The molecule has 3 rings (SSSR count). The van der Waals surface area contributed by atoms with E-state index in [0.717, 1.165) is 34.1 Å². The number of nitrogens with one attached hydrogen (secondary N) is 2. The van der Waals surface area contributed by atoms with Crippen LogP contribution in [-0.4, -0.2) is 27.7 Å². The van der Waals surface area contributed by atoms with Crippen LogP contribution in [0.15, 0.2) is 29.4 Å². The summed E-state index contributed by atoms with van der Waals surface area (Å²) < 4.78 is 0. The van der Waals surface area contributed by atoms with Crippen molar-refractivity contribution in [3.63, 3.8) is 0 Å². The van der Waals surface area contributed by atoms with Crippen LogP contribution in [0.1, 0.15) is 0 Å². The summed E-state index contributed by atoms with van der Waals surface area (Å²) in [5, 5.41) is 12.4. The molecule has 2 heterocycles. The van der Waals surface area contributed by atoms with Crippen LogP contribution in [0.25, 0.3) is 10.9 Å². The Morgan fingerprint density at radius 2 is 2.40 bits per heavy atom. The molecule has 1 aliphatic rings. The molecule has 0 unspecified atom stereocenters. The van der Waals surface area contributed by atoms with Gasteiger partial charge in [-0.2, -0.15) is 5.10 Å². The molecule has 0 bridgehead atoms. The molecule has 4 nitrogen and oxygen atoms in total. The summed E-state index contributed by atoms with van der Waals surface area (Å²) in [6.07, 6.45) is 1.82. The Balaban J connectivity index is 1.90. The number of benzene rings is 1. The standard InChI is InChI=1S/C10H10N4S/c1-2-8(13-10-11-3-4-15-10)5-9-7(1)6-12-14-9/h1-2,5-6H,3-4H2,(H,11,13)(H,12,14). The van der Waals surface area contributed by atoms with Crippen molar-refractivity contribution in [3.8, 4) is 0 Å². The zero-order valence-electron chi connectivity index (χ0n) is 8.03. The minimum absolute atomic E-state index is 0.916. The number of anilines is 1. The molecule has 2 N–H and O–H groups in total. The molecule has 0 spiro atoms. The number of rotatable bonds is 1. The minimum Gasteiger partial charge on any atom is -0.335 e. The first-order chi connectivity index (χ1) is 7.42. The first-order valence-corrected chi connectivity index (χ1v) is 5.78. The van der Waals surface area contributed by atoms with E-state index in [4.69, 9.17) is 0 Å². The first kappa shape index (κ1) is 8.79. The molecular weight excluding hydrogens is 208 g/mol. The third-order valence-corrected chi connectivity index (χ3v) is 3.17. The van der Waals surface area contributed by atoms with Gasteiger partial charge in [0, 0.05) is 16.8 Å². The van der Waals surface area contributed by atoms with Gasteiger partial charge < -0.3 is 5.32 Å². The van der Waals surface area contributed by atoms with E-state index < -0.39 is 0 Å². The van der Waals surface area contributed by atoms with Gasteiger partial charge in [0.2, 0.25) is 0 Å². The van der Waals surface area contributed by atoms with Crippen LogP contribution in [0, 0.1) is 0 Å². The van der Waals surface area contributed by atoms with Crippen molar-refractivity contribution in [3.05, 3.63) is 24.4 Å². The molecular formula is C10H10N4S. The lowest BCUT2D eigenvalue weighted by Crippen LogP contribution is -2.04. The highest BCUT2D eigenvalue weighted by Crippen LogP contribution is 2.19. The number of hydrogen-bond donors (Lipinski definition) is 2. The summed E-state index contributed by atoms with van der Waals surface area (Å²) in [7, 11) is 0. The zero-order chi connectivity index (χ0) is 10.1. The molecule has 0 fully saturated rings. The summed E-state index contributed by atoms with van der Waals surface area (Å²) in [5.74, 6) is 1.08. The number of nitrogens with zero attached hydrogens (tertiary/aromatic N) is 2. The van der Waals surface area contributed by atoms with Crippen LogP contribution in [0.2, 0.25) is 0 Å². The Morgan fingerprint density at radius 3 is 3.27 bits per heavy atom. The van der Waals surface area contributed by atoms with E-state index in [9.17, 15) is 0 Å². The molecule has 15 heavy (non-hydrogen) atoms. The second-order valence-electron chi connectivity index (χ2n) is 3.33. The van der Waals surface area contributed by atoms with Gasteiger partial charge in [0.05, 0.1) is 18.3 Å². The van der Waals surface area contributed by atoms with Crippen molar-refractivity contribution in [1.82, 2.24) is 10.2 Å². The average Bonchev–Trinajstić information content (AvgIpc) is 2.87. The van der Waals surface area contributed by atoms with E-state index in [1.807, 2.05) is 24.4 Å². The Bertz CT molecular complexity index is 517. The zero-order valence-corrected chi connectivity index (χ0v) is 8.84. The Hall–Kier alpha value is -1.49. The third kappa shape index (κ3) is 1.70. The fourth-order valence-electron chi connectivity index (χ4n) is 1.55. The molecule has 1 aromatic carbocycles. The van der Waals surface area contributed by atoms with Gasteiger partial charge in [-0.25, -0.2) is 0 Å². The number of aromatic nitrogens is 2. The van der Waals surface area contributed by atoms with E-state index in [-0.39, 0.29) is 0 Å². The molecule has 0 aliphatic carbocycles. The van der Waals surface area contributed by atoms with Gasteiger partial charge in [-0.1, -0.05) is 11.8 Å². The van der Waals surface area contributed by atoms with Crippen molar-refractivity contribution in [2.45, 2.75) is 0 Å². The lowest BCUT2D eigenvalue weighted by molar-refractivity contribution is 1.12. The van der Waals surface area contributed by atoms with Gasteiger partial charge in [-0.3, -0.25) is 10.1 Å². The number of thioether (sulfide) groups is 1. The highest BCUT2D eigenvalue weighted by molar-refractivity contribution is 8.14. The van der Waals surface area contributed by atoms with Crippen molar-refractivity contribution in [2.24, 2.45) is 4.99 Å². The van der Waals surface area contributed by atoms with Crippen molar-refractivity contribution >= 4 is 33.5 Å². The predicted molar refractivity (Wildman–Crippen MR) is 64.5 cm³/mol. The maximum atomic E-state index is 4.34. The molecule has 0 amide bonds. The average molecular weight is 218 g/mol. The number of fused-ring (bicyclic) bond motifs is 1. The summed E-state index contributed by atoms with van der Waals surface area (Å²) in [4.78, 5) is 4.34. The summed E-state index contributed by atoms with van der Waals surface area (Å²) in [6.45, 7) is 0.916. The summed E-state index contributed by atoms with van der Waals surface area (Å²) in [5.41, 5.74) is 2.10. The number of amidine groups is 1. The number of hydrogen-bond acceptors (Lipinski definition) is 4. The number of aliphatic imine (C=N–C) groups is 1. The first-order valence-electron chi connectivity index (χ1n) is 4.79. The Morgan fingerprint density at radius 1 is 1.40 bits per heavy atom. The van der Waals surface area contributed by atoms with Gasteiger partial charge in [0.1, 0.15) is 0 Å². The van der Waals surface area contributed by atoms with Crippen molar-refractivity contribution in [1.29, 1.82) is 0 Å². The second-order valence-corrected chi connectivity index (χ2v) is 4.42. The lowest BCUT2D eigenvalue weighted by Gasteiger charge is -2.04. The molecule has 0 atom stereocenters. The van der Waals surface area contributed by atoms with Crippen LogP contribution in [-0.2, 0) is 0 Å². The van der Waals surface area contributed by atoms with Crippen LogP contribution in [0.3, 0.4) is 0 Å². The quantitative estimate of drug-likeness (QED) is 0.770. The van der Waals surface area contributed by atoms with Crippen LogP contribution >= 0.6 is 11.8 Å². The van der Waals surface area contributed by atoms with Gasteiger partial charge in [-0.05, 0) is 18.2 Å². The summed E-state index contributed by atoms with van der Waals surface area (Å²) >= 11 is 1.76. The molecule has 5 heteroatoms. The van der Waals surface area contributed by atoms with E-state index in [0.29, 0.717) is 0 Å². The Labute approximate surface area is 91.2 Å². The topological polar surface area (TPSA) is 53.1 Å². The molecule has 0 saturated carbocycles. The molecule has 76 valence electrons. The highest BCUT2D eigenvalue weighted by Gasteiger charge is 2.07. The SMILES string of the molecule is c1cc2cn[nH]c2cc1NC1=NCCS1. The van der Waals surface area contributed by atoms with E-state index in [1.54, 1.807) is 11.8 Å². The van der Waals surface area contributed by atoms with E-state index in [1.165, 1.54) is 0 Å². The van der Waals surface area contributed by atoms with Crippen LogP contribution < -0.4 is 5.32 Å². The third-order valence-electron chi connectivity index (χ3n) is 2.28. The largest absolute Gasteiger partial charge is 0.335 e. The molecule has 0 radical (unpaired) electrons. The normalized spacial score (nSPS) is 15.6.